The maximum absolute atomic E-state index is 12.6. The molecule has 0 unspecified atom stereocenters. The fourth-order valence-corrected chi connectivity index (χ4v) is 3.01. The molecule has 0 saturated carbocycles. The minimum atomic E-state index is -0.530. The van der Waals surface area contributed by atoms with Crippen LogP contribution in [0.15, 0.2) is 42.5 Å². The Balaban J connectivity index is 1.88. The van der Waals surface area contributed by atoms with E-state index in [0.29, 0.717) is 13.2 Å². The molecule has 0 N–H and O–H groups in total. The minimum Gasteiger partial charge on any atom is -0.497 e. The maximum Gasteiger partial charge on any atom is 0.410 e. The van der Waals surface area contributed by atoms with Crippen LogP contribution in [0.25, 0.3) is 11.1 Å². The highest BCUT2D eigenvalue weighted by Crippen LogP contribution is 2.31. The molecule has 0 spiro atoms. The molecule has 144 valence electrons. The Morgan fingerprint density at radius 2 is 1.78 bits per heavy atom. The van der Waals surface area contributed by atoms with Gasteiger partial charge in [0.2, 0.25) is 0 Å². The number of ether oxygens (including phenoxy) is 3. The number of hydrogen-bond donors (Lipinski definition) is 0. The molecule has 1 atom stereocenters. The summed E-state index contributed by atoms with van der Waals surface area (Å²) in [4.78, 5) is 14.4. The van der Waals surface area contributed by atoms with Crippen LogP contribution in [0.3, 0.4) is 0 Å². The fraction of sp³-hybridized carbons (Fsp3) is 0.409. The number of carbonyl (C=O) groups is 1. The number of methoxy groups -OCH3 is 1. The molecule has 0 aromatic heterocycles. The van der Waals surface area contributed by atoms with Gasteiger partial charge in [-0.1, -0.05) is 18.2 Å². The molecule has 5 heteroatoms. The lowest BCUT2D eigenvalue weighted by molar-refractivity contribution is 0.0133. The summed E-state index contributed by atoms with van der Waals surface area (Å²) in [5.41, 5.74) is 2.59. The second-order valence-electron chi connectivity index (χ2n) is 7.82. The number of hydrogen-bond acceptors (Lipinski definition) is 4. The van der Waals surface area contributed by atoms with E-state index in [1.807, 2.05) is 64.1 Å². The molecule has 0 saturated heterocycles. The van der Waals surface area contributed by atoms with Gasteiger partial charge in [-0.15, -0.1) is 0 Å². The van der Waals surface area contributed by atoms with Gasteiger partial charge in [-0.3, -0.25) is 4.90 Å². The molecule has 27 heavy (non-hydrogen) atoms. The summed E-state index contributed by atoms with van der Waals surface area (Å²) in [6.45, 7) is 8.49. The molecule has 3 rings (SSSR count). The SMILES string of the molecule is COc1ccc(-c2ccc3c(c2)CN(C(=O)OC(C)(C)C)[C@@H](C)CO3)cc1. The van der Waals surface area contributed by atoms with Gasteiger partial charge in [0.25, 0.3) is 0 Å². The van der Waals surface area contributed by atoms with E-state index < -0.39 is 5.60 Å². The first-order chi connectivity index (χ1) is 12.8. The Morgan fingerprint density at radius 3 is 2.41 bits per heavy atom. The second kappa shape index (κ2) is 7.51. The maximum atomic E-state index is 12.6. The second-order valence-corrected chi connectivity index (χ2v) is 7.82. The minimum absolute atomic E-state index is 0.0725. The highest BCUT2D eigenvalue weighted by Gasteiger charge is 2.29. The van der Waals surface area contributed by atoms with Crippen molar-refractivity contribution in [3.05, 3.63) is 48.0 Å². The number of carbonyl (C=O) groups excluding carboxylic acids is 1. The Hall–Kier alpha value is -2.69. The van der Waals surface area contributed by atoms with E-state index >= 15 is 0 Å². The van der Waals surface area contributed by atoms with Crippen LogP contribution in [0.4, 0.5) is 4.79 Å². The molecule has 0 aliphatic carbocycles. The fourth-order valence-electron chi connectivity index (χ4n) is 3.01. The van der Waals surface area contributed by atoms with Gasteiger partial charge in [0.05, 0.1) is 19.7 Å². The van der Waals surface area contributed by atoms with Crippen LogP contribution in [-0.4, -0.2) is 36.4 Å². The zero-order valence-corrected chi connectivity index (χ0v) is 16.6. The van der Waals surface area contributed by atoms with Gasteiger partial charge in [-0.25, -0.2) is 4.79 Å². The molecular formula is C22H27NO4. The molecule has 0 bridgehead atoms. The predicted octanol–water partition coefficient (Wildman–Crippen LogP) is 4.88. The molecule has 1 aliphatic rings. The van der Waals surface area contributed by atoms with Crippen molar-refractivity contribution in [2.75, 3.05) is 13.7 Å². The van der Waals surface area contributed by atoms with Gasteiger partial charge in [0.15, 0.2) is 0 Å². The van der Waals surface area contributed by atoms with E-state index in [-0.39, 0.29) is 12.1 Å². The quantitative estimate of drug-likeness (QED) is 0.757. The zero-order chi connectivity index (χ0) is 19.6. The zero-order valence-electron chi connectivity index (χ0n) is 16.6. The average molecular weight is 369 g/mol. The van der Waals surface area contributed by atoms with E-state index in [1.165, 1.54) is 0 Å². The summed E-state index contributed by atoms with van der Waals surface area (Å²) in [5.74, 6) is 1.63. The van der Waals surface area contributed by atoms with Crippen LogP contribution < -0.4 is 9.47 Å². The molecule has 2 aromatic carbocycles. The van der Waals surface area contributed by atoms with Crippen LogP contribution in [0.2, 0.25) is 0 Å². The topological polar surface area (TPSA) is 48.0 Å². The number of nitrogens with zero attached hydrogens (tertiary/aromatic N) is 1. The first-order valence-corrected chi connectivity index (χ1v) is 9.16. The van der Waals surface area contributed by atoms with Crippen molar-refractivity contribution in [1.82, 2.24) is 4.90 Å². The van der Waals surface area contributed by atoms with E-state index in [4.69, 9.17) is 14.2 Å². The highest BCUT2D eigenvalue weighted by atomic mass is 16.6. The van der Waals surface area contributed by atoms with Crippen molar-refractivity contribution in [2.24, 2.45) is 0 Å². The Morgan fingerprint density at radius 1 is 1.11 bits per heavy atom. The highest BCUT2D eigenvalue weighted by molar-refractivity contribution is 5.70. The van der Waals surface area contributed by atoms with E-state index in [9.17, 15) is 4.79 Å². The first-order valence-electron chi connectivity index (χ1n) is 9.16. The van der Waals surface area contributed by atoms with E-state index in [0.717, 1.165) is 28.2 Å². The predicted molar refractivity (Wildman–Crippen MR) is 105 cm³/mol. The third-order valence-corrected chi connectivity index (χ3v) is 4.46. The van der Waals surface area contributed by atoms with Crippen molar-refractivity contribution in [1.29, 1.82) is 0 Å². The van der Waals surface area contributed by atoms with Gasteiger partial charge in [-0.05, 0) is 63.1 Å². The lowest BCUT2D eigenvalue weighted by Crippen LogP contribution is -2.42. The largest absolute Gasteiger partial charge is 0.497 e. The molecule has 1 aliphatic heterocycles. The summed E-state index contributed by atoms with van der Waals surface area (Å²) in [6.07, 6.45) is -0.318. The number of amides is 1. The summed E-state index contributed by atoms with van der Waals surface area (Å²) in [7, 11) is 1.65. The molecule has 0 fully saturated rings. The lowest BCUT2D eigenvalue weighted by Gasteiger charge is -2.29. The number of rotatable bonds is 2. The van der Waals surface area contributed by atoms with Gasteiger partial charge in [0, 0.05) is 5.56 Å². The average Bonchev–Trinajstić information content (AvgIpc) is 2.79. The van der Waals surface area contributed by atoms with Crippen LogP contribution in [0, 0.1) is 0 Å². The monoisotopic (exact) mass is 369 g/mol. The molecule has 1 amide bonds. The summed E-state index contributed by atoms with van der Waals surface area (Å²) < 4.78 is 16.7. The van der Waals surface area contributed by atoms with E-state index in [1.54, 1.807) is 12.0 Å². The summed E-state index contributed by atoms with van der Waals surface area (Å²) >= 11 is 0. The van der Waals surface area contributed by atoms with Gasteiger partial charge in [-0.2, -0.15) is 0 Å². The Bertz CT molecular complexity index is 808. The molecule has 1 heterocycles. The smallest absolute Gasteiger partial charge is 0.410 e. The number of benzene rings is 2. The molecule has 5 nitrogen and oxygen atoms in total. The van der Waals surface area contributed by atoms with Crippen LogP contribution in [0.5, 0.6) is 11.5 Å². The third kappa shape index (κ3) is 4.54. The van der Waals surface area contributed by atoms with Gasteiger partial charge < -0.3 is 14.2 Å². The third-order valence-electron chi connectivity index (χ3n) is 4.46. The van der Waals surface area contributed by atoms with Crippen LogP contribution in [0.1, 0.15) is 33.3 Å². The van der Waals surface area contributed by atoms with Gasteiger partial charge >= 0.3 is 6.09 Å². The standard InChI is InChI=1S/C22H27NO4/c1-15-14-26-20-11-8-17(16-6-9-19(25-5)10-7-16)12-18(20)13-23(15)21(24)27-22(2,3)4/h6-12,15H,13-14H2,1-5H3/t15-/m0/s1. The number of fused-ring (bicyclic) bond motifs is 1. The van der Waals surface area contributed by atoms with Crippen molar-refractivity contribution in [3.8, 4) is 22.6 Å². The Labute approximate surface area is 160 Å². The normalized spacial score (nSPS) is 16.8. The molecule has 2 aromatic rings. The van der Waals surface area contributed by atoms with Crippen molar-refractivity contribution < 1.29 is 19.0 Å². The van der Waals surface area contributed by atoms with Crippen molar-refractivity contribution in [3.63, 3.8) is 0 Å². The lowest BCUT2D eigenvalue weighted by atomic mass is 10.0. The summed E-state index contributed by atoms with van der Waals surface area (Å²) in [6, 6.07) is 13.9. The summed E-state index contributed by atoms with van der Waals surface area (Å²) in [5, 5.41) is 0. The molecule has 0 radical (unpaired) electrons. The van der Waals surface area contributed by atoms with E-state index in [2.05, 4.69) is 6.07 Å². The van der Waals surface area contributed by atoms with Crippen molar-refractivity contribution in [2.45, 2.75) is 45.9 Å². The van der Waals surface area contributed by atoms with Crippen LogP contribution >= 0.6 is 0 Å². The van der Waals surface area contributed by atoms with Gasteiger partial charge in [0.1, 0.15) is 23.7 Å². The van der Waals surface area contributed by atoms with Crippen LogP contribution in [-0.2, 0) is 11.3 Å². The molecular weight excluding hydrogens is 342 g/mol. The first kappa shape index (κ1) is 19.1. The van der Waals surface area contributed by atoms with Crippen molar-refractivity contribution >= 4 is 6.09 Å². The Kier molecular flexibility index (Phi) is 5.31.